The SMILES string of the molecule is Cc1ccc2oc(-c3cc4c5ccccc5c(-c5cc6cc(C)ccc6o5)cc4c4ccccc34)cc2c1. The highest BCUT2D eigenvalue weighted by Gasteiger charge is 2.18. The molecule has 0 atom stereocenters. The minimum Gasteiger partial charge on any atom is -0.456 e. The lowest BCUT2D eigenvalue weighted by Crippen LogP contribution is -1.87. The largest absolute Gasteiger partial charge is 0.456 e. The molecule has 0 fully saturated rings. The molecule has 0 N–H and O–H groups in total. The van der Waals surface area contributed by atoms with Gasteiger partial charge in [-0.25, -0.2) is 0 Å². The van der Waals surface area contributed by atoms with E-state index in [1.807, 2.05) is 0 Å². The molecule has 0 saturated carbocycles. The van der Waals surface area contributed by atoms with Crippen molar-refractivity contribution in [3.05, 3.63) is 120 Å². The van der Waals surface area contributed by atoms with Crippen LogP contribution in [0, 0.1) is 13.8 Å². The Morgan fingerprint density at radius 3 is 1.26 bits per heavy atom. The van der Waals surface area contributed by atoms with Crippen molar-refractivity contribution in [2.45, 2.75) is 13.8 Å². The van der Waals surface area contributed by atoms with Gasteiger partial charge in [-0.3, -0.25) is 0 Å². The van der Waals surface area contributed by atoms with E-state index in [1.165, 1.54) is 43.4 Å². The molecule has 180 valence electrons. The standard InChI is InChI=1S/C36H24O2/c1-21-11-13-33-23(15-21)17-35(37-33)31-19-29-26-8-4-6-10-28(26)32(20-30(29)25-7-3-5-9-27(25)31)36-18-24-16-22(2)12-14-34(24)38-36/h3-20H,1-2H3. The first-order valence-corrected chi connectivity index (χ1v) is 13.0. The van der Waals surface area contributed by atoms with Gasteiger partial charge in [0.05, 0.1) is 0 Å². The third-order valence-corrected chi connectivity index (χ3v) is 7.76. The summed E-state index contributed by atoms with van der Waals surface area (Å²) in [5.74, 6) is 1.79. The van der Waals surface area contributed by atoms with Gasteiger partial charge in [0.15, 0.2) is 0 Å². The Hall–Kier alpha value is -4.82. The quantitative estimate of drug-likeness (QED) is 0.226. The molecule has 2 heterocycles. The monoisotopic (exact) mass is 488 g/mol. The zero-order valence-corrected chi connectivity index (χ0v) is 21.2. The lowest BCUT2D eigenvalue weighted by molar-refractivity contribution is 0.632. The van der Waals surface area contributed by atoms with Crippen molar-refractivity contribution in [3.63, 3.8) is 0 Å². The molecule has 0 bridgehead atoms. The van der Waals surface area contributed by atoms with Crippen molar-refractivity contribution in [2.24, 2.45) is 0 Å². The smallest absolute Gasteiger partial charge is 0.136 e. The number of benzene rings is 6. The summed E-state index contributed by atoms with van der Waals surface area (Å²) >= 11 is 0. The summed E-state index contributed by atoms with van der Waals surface area (Å²) in [5.41, 5.74) is 6.50. The fraction of sp³-hybridized carbons (Fsp3) is 0.0556. The average molecular weight is 489 g/mol. The van der Waals surface area contributed by atoms with Crippen LogP contribution < -0.4 is 0 Å². The summed E-state index contributed by atoms with van der Waals surface area (Å²) in [7, 11) is 0. The molecule has 8 rings (SSSR count). The maximum atomic E-state index is 6.40. The molecule has 0 unspecified atom stereocenters. The van der Waals surface area contributed by atoms with Crippen molar-refractivity contribution in [1.82, 2.24) is 0 Å². The number of hydrogen-bond donors (Lipinski definition) is 0. The third-order valence-electron chi connectivity index (χ3n) is 7.76. The van der Waals surface area contributed by atoms with E-state index in [0.717, 1.165) is 44.6 Å². The van der Waals surface area contributed by atoms with Crippen LogP contribution in [-0.2, 0) is 0 Å². The van der Waals surface area contributed by atoms with Gasteiger partial charge in [0.25, 0.3) is 0 Å². The van der Waals surface area contributed by atoms with Crippen molar-refractivity contribution in [3.8, 4) is 22.6 Å². The number of hydrogen-bond acceptors (Lipinski definition) is 2. The van der Waals surface area contributed by atoms with Gasteiger partial charge in [0, 0.05) is 21.9 Å². The maximum Gasteiger partial charge on any atom is 0.136 e. The minimum absolute atomic E-state index is 0.893. The second-order valence-electron chi connectivity index (χ2n) is 10.3. The first kappa shape index (κ1) is 21.3. The highest BCUT2D eigenvalue weighted by molar-refractivity contribution is 6.23. The average Bonchev–Trinajstić information content (AvgIpc) is 3.55. The number of rotatable bonds is 2. The van der Waals surface area contributed by atoms with Crippen LogP contribution in [0.1, 0.15) is 11.1 Å². The van der Waals surface area contributed by atoms with E-state index in [1.54, 1.807) is 0 Å². The van der Waals surface area contributed by atoms with E-state index < -0.39 is 0 Å². The molecule has 0 radical (unpaired) electrons. The zero-order valence-electron chi connectivity index (χ0n) is 21.2. The van der Waals surface area contributed by atoms with Crippen LogP contribution in [0.5, 0.6) is 0 Å². The molecule has 0 aliphatic heterocycles. The fourth-order valence-electron chi connectivity index (χ4n) is 5.95. The molecule has 0 aliphatic carbocycles. The van der Waals surface area contributed by atoms with Gasteiger partial charge >= 0.3 is 0 Å². The second-order valence-corrected chi connectivity index (χ2v) is 10.3. The molecule has 0 saturated heterocycles. The van der Waals surface area contributed by atoms with Crippen LogP contribution in [-0.4, -0.2) is 0 Å². The summed E-state index contributed by atoms with van der Waals surface area (Å²) in [4.78, 5) is 0. The summed E-state index contributed by atoms with van der Waals surface area (Å²) in [5, 5.41) is 9.44. The summed E-state index contributed by atoms with van der Waals surface area (Å²) < 4.78 is 12.8. The van der Waals surface area contributed by atoms with Gasteiger partial charge in [-0.15, -0.1) is 0 Å². The third kappa shape index (κ3) is 3.13. The van der Waals surface area contributed by atoms with Crippen molar-refractivity contribution in [1.29, 1.82) is 0 Å². The predicted molar refractivity (Wildman–Crippen MR) is 159 cm³/mol. The summed E-state index contributed by atoms with van der Waals surface area (Å²) in [6.45, 7) is 4.23. The van der Waals surface area contributed by atoms with Gasteiger partial charge in [0.2, 0.25) is 0 Å². The Labute approximate surface area is 219 Å². The Kier molecular flexibility index (Phi) is 4.39. The normalized spacial score (nSPS) is 11.9. The highest BCUT2D eigenvalue weighted by Crippen LogP contribution is 2.43. The van der Waals surface area contributed by atoms with E-state index >= 15 is 0 Å². The van der Waals surface area contributed by atoms with Crippen molar-refractivity contribution < 1.29 is 8.83 Å². The van der Waals surface area contributed by atoms with E-state index in [4.69, 9.17) is 8.83 Å². The number of furan rings is 2. The molecule has 38 heavy (non-hydrogen) atoms. The molecule has 0 spiro atoms. The van der Waals surface area contributed by atoms with Crippen LogP contribution in [0.4, 0.5) is 0 Å². The van der Waals surface area contributed by atoms with Crippen molar-refractivity contribution >= 4 is 54.3 Å². The molecule has 2 nitrogen and oxygen atoms in total. The first-order valence-electron chi connectivity index (χ1n) is 13.0. The molecule has 8 aromatic rings. The molecule has 2 aromatic heterocycles. The van der Waals surface area contributed by atoms with Crippen LogP contribution >= 0.6 is 0 Å². The van der Waals surface area contributed by atoms with Gasteiger partial charge in [-0.1, -0.05) is 71.8 Å². The molecule has 0 aliphatic rings. The Morgan fingerprint density at radius 2 is 0.816 bits per heavy atom. The van der Waals surface area contributed by atoms with Crippen LogP contribution in [0.3, 0.4) is 0 Å². The lowest BCUT2D eigenvalue weighted by Gasteiger charge is -2.14. The molecular formula is C36H24O2. The molecule has 6 aromatic carbocycles. The van der Waals surface area contributed by atoms with E-state index in [2.05, 4.69) is 123 Å². The van der Waals surface area contributed by atoms with E-state index in [9.17, 15) is 0 Å². The van der Waals surface area contributed by atoms with Gasteiger partial charge < -0.3 is 8.83 Å². The van der Waals surface area contributed by atoms with Crippen LogP contribution in [0.2, 0.25) is 0 Å². The van der Waals surface area contributed by atoms with Gasteiger partial charge in [-0.05, 0) is 94.7 Å². The number of fused-ring (bicyclic) bond motifs is 7. The molecule has 0 amide bonds. The lowest BCUT2D eigenvalue weighted by atomic mass is 9.90. The molecule has 2 heteroatoms. The Morgan fingerprint density at radius 1 is 0.395 bits per heavy atom. The zero-order chi connectivity index (χ0) is 25.4. The fourth-order valence-corrected chi connectivity index (χ4v) is 5.95. The van der Waals surface area contributed by atoms with Gasteiger partial charge in [0.1, 0.15) is 22.7 Å². The maximum absolute atomic E-state index is 6.40. The highest BCUT2D eigenvalue weighted by atomic mass is 16.3. The van der Waals surface area contributed by atoms with E-state index in [-0.39, 0.29) is 0 Å². The first-order chi connectivity index (χ1) is 18.6. The van der Waals surface area contributed by atoms with Crippen molar-refractivity contribution in [2.75, 3.05) is 0 Å². The number of aryl methyl sites for hydroxylation is 2. The Balaban J connectivity index is 1.47. The second kappa shape index (κ2) is 7.84. The van der Waals surface area contributed by atoms with Gasteiger partial charge in [-0.2, -0.15) is 0 Å². The summed E-state index contributed by atoms with van der Waals surface area (Å²) in [6.07, 6.45) is 0. The van der Waals surface area contributed by atoms with Crippen LogP contribution in [0.15, 0.2) is 118 Å². The molecular weight excluding hydrogens is 464 g/mol. The topological polar surface area (TPSA) is 26.3 Å². The Bertz CT molecular complexity index is 2050. The van der Waals surface area contributed by atoms with Crippen LogP contribution in [0.25, 0.3) is 76.9 Å². The predicted octanol–water partition coefficient (Wildman–Crippen LogP) is 10.6. The minimum atomic E-state index is 0.893. The van der Waals surface area contributed by atoms with E-state index in [0.29, 0.717) is 0 Å². The summed E-state index contributed by atoms with van der Waals surface area (Å²) in [6, 6.07) is 38.9.